The standard InChI is InChI=1S/3C42H23NO2S/c1-4-16-35-25(9-1)32-23-39-33(27-11-3-5-17-37(27)44-39)22-36(32)43(35)24-19-20-40-34(21-24)31-15-8-14-30(42(31)46-40)29-13-7-12-28-26-10-2-6-18-38(26)45-41(28)29;1-4-16-34-32(11-1)39-35(21-20-29-26-10-3-6-18-37(26)45-41(29)39)43(34)24-19-22-38-33(23-24)31-15-8-14-30(42(31)46-38)28-13-7-12-27-25-9-2-5-17-36(25)44-40(27)28;1-4-16-33-30(10-1)39-34(20-21-37-40(39)31-11-3-6-18-36(31)44-37)43(33)24-19-22-38-32(23-24)29-15-8-14-28(42(29)46-38)27-13-7-12-26-25-9-2-5-17-35(25)45-41(26)27/h3*1-23H. The van der Waals surface area contributed by atoms with Crippen LogP contribution in [0.2, 0.25) is 0 Å². The zero-order valence-electron chi connectivity index (χ0n) is 73.4. The van der Waals surface area contributed by atoms with Gasteiger partial charge in [0.05, 0.1) is 38.5 Å². The fourth-order valence-corrected chi connectivity index (χ4v) is 26.5. The van der Waals surface area contributed by atoms with Gasteiger partial charge in [0.15, 0.2) is 0 Å². The molecule has 0 fully saturated rings. The summed E-state index contributed by atoms with van der Waals surface area (Å²) >= 11 is 5.56. The number of hydrogen-bond donors (Lipinski definition) is 0. The second-order valence-electron chi connectivity index (χ2n) is 36.1. The molecule has 0 unspecified atom stereocenters. The summed E-state index contributed by atoms with van der Waals surface area (Å²) in [7, 11) is 0. The summed E-state index contributed by atoms with van der Waals surface area (Å²) in [5, 5.41) is 28.6. The van der Waals surface area contributed by atoms with Crippen molar-refractivity contribution in [1.29, 1.82) is 0 Å². The minimum atomic E-state index is 0.918. The van der Waals surface area contributed by atoms with E-state index in [9.17, 15) is 0 Å². The van der Waals surface area contributed by atoms with Crippen LogP contribution in [0.4, 0.5) is 0 Å². The van der Waals surface area contributed by atoms with Crippen LogP contribution in [0.15, 0.2) is 445 Å². The summed E-state index contributed by atoms with van der Waals surface area (Å²) in [6, 6.07) is 149. The zero-order chi connectivity index (χ0) is 89.8. The van der Waals surface area contributed by atoms with Crippen LogP contribution in [0.5, 0.6) is 0 Å². The Kier molecular flexibility index (Phi) is 16.0. The van der Waals surface area contributed by atoms with E-state index in [1.54, 1.807) is 0 Å². The van der Waals surface area contributed by atoms with Gasteiger partial charge in [0.2, 0.25) is 0 Å². The molecule has 138 heavy (non-hydrogen) atoms. The fraction of sp³-hybridized carbons (Fsp3) is 0. The van der Waals surface area contributed by atoms with Crippen LogP contribution in [0.25, 0.3) is 308 Å². The summed E-state index contributed by atoms with van der Waals surface area (Å²) in [5.41, 5.74) is 28.6. The third kappa shape index (κ3) is 10.9. The molecule has 9 nitrogen and oxygen atoms in total. The monoisotopic (exact) mass is 1820 g/mol. The van der Waals surface area contributed by atoms with Crippen molar-refractivity contribution < 1.29 is 26.5 Å². The molecule has 0 bridgehead atoms. The Morgan fingerprint density at radius 3 is 0.906 bits per heavy atom. The summed E-state index contributed by atoms with van der Waals surface area (Å²) in [6.07, 6.45) is 0. The number of nitrogens with zero attached hydrogens (tertiary/aromatic N) is 3. The lowest BCUT2D eigenvalue weighted by atomic mass is 10.00. The number of rotatable bonds is 6. The Morgan fingerprint density at radius 1 is 0.145 bits per heavy atom. The summed E-state index contributed by atoms with van der Waals surface area (Å²) in [6.45, 7) is 0. The van der Waals surface area contributed by atoms with Gasteiger partial charge in [0, 0.05) is 203 Å². The Labute approximate surface area is 794 Å². The molecular formula is C126H69N3O6S3. The average Bonchev–Trinajstić information content (AvgIpc) is 1.55. The summed E-state index contributed by atoms with van der Waals surface area (Å²) in [5.74, 6) is 0. The van der Waals surface area contributed by atoms with Crippen LogP contribution in [0.3, 0.4) is 0 Å². The minimum absolute atomic E-state index is 0.918. The quantitative estimate of drug-likeness (QED) is 0.165. The van der Waals surface area contributed by atoms with Crippen molar-refractivity contribution >= 4 is 292 Å². The molecule has 12 heteroatoms. The SMILES string of the molecule is c1ccc2c(c1)oc1c(-c3cccc4c3sc3ccc(-n5c6ccccc6c6c7c(ccc65)oc5ccccc57)cc34)cccc12.c1ccc2c(c1)oc1c(-c3cccc4c3sc3ccc(-n5c6ccccc6c6c7oc8ccccc8c7ccc65)cc34)cccc12.c1ccc2c(c1)oc1cc3c4ccccc4n(-c4ccc5sc6c(-c7cccc8c7oc7ccccc78)cccc6c5c4)c3cc12. The first kappa shape index (κ1) is 76.0. The van der Waals surface area contributed by atoms with Crippen LogP contribution < -0.4 is 0 Å². The van der Waals surface area contributed by atoms with Crippen molar-refractivity contribution in [3.63, 3.8) is 0 Å². The molecule has 0 aliphatic heterocycles. The molecule has 0 saturated carbocycles. The highest BCUT2D eigenvalue weighted by Gasteiger charge is 2.27. The van der Waals surface area contributed by atoms with E-state index in [4.69, 9.17) is 26.5 Å². The van der Waals surface area contributed by atoms with Gasteiger partial charge < -0.3 is 40.2 Å². The van der Waals surface area contributed by atoms with E-state index in [0.717, 1.165) is 171 Å². The van der Waals surface area contributed by atoms with Crippen LogP contribution in [0, 0.1) is 0 Å². The maximum atomic E-state index is 6.52. The largest absolute Gasteiger partial charge is 0.456 e. The van der Waals surface area contributed by atoms with Gasteiger partial charge in [0.25, 0.3) is 0 Å². The smallest absolute Gasteiger partial charge is 0.145 e. The van der Waals surface area contributed by atoms with Gasteiger partial charge in [-0.1, -0.05) is 273 Å². The molecule has 33 rings (SSSR count). The van der Waals surface area contributed by atoms with Crippen molar-refractivity contribution in [2.75, 3.05) is 0 Å². The second kappa shape index (κ2) is 29.0. The van der Waals surface area contributed by atoms with Crippen molar-refractivity contribution in [2.45, 2.75) is 0 Å². The fourth-order valence-electron chi connectivity index (χ4n) is 22.8. The molecule has 21 aromatic carbocycles. The van der Waals surface area contributed by atoms with Gasteiger partial charge in [-0.2, -0.15) is 0 Å². The van der Waals surface area contributed by atoms with E-state index in [1.807, 2.05) is 76.5 Å². The van der Waals surface area contributed by atoms with Crippen molar-refractivity contribution in [1.82, 2.24) is 13.7 Å². The highest BCUT2D eigenvalue weighted by atomic mass is 32.1. The predicted molar refractivity (Wildman–Crippen MR) is 581 cm³/mol. The van der Waals surface area contributed by atoms with Crippen LogP contribution in [0.1, 0.15) is 0 Å². The van der Waals surface area contributed by atoms with Crippen LogP contribution in [-0.2, 0) is 0 Å². The van der Waals surface area contributed by atoms with Gasteiger partial charge in [-0.15, -0.1) is 34.0 Å². The van der Waals surface area contributed by atoms with Crippen LogP contribution >= 0.6 is 34.0 Å². The van der Waals surface area contributed by atoms with E-state index in [2.05, 4.69) is 390 Å². The minimum Gasteiger partial charge on any atom is -0.456 e. The molecular weight excluding hydrogens is 1750 g/mol. The summed E-state index contributed by atoms with van der Waals surface area (Å²) in [4.78, 5) is 0. The molecule has 12 heterocycles. The first-order valence-electron chi connectivity index (χ1n) is 46.5. The molecule has 0 atom stereocenters. The number of para-hydroxylation sites is 12. The van der Waals surface area contributed by atoms with E-state index < -0.39 is 0 Å². The van der Waals surface area contributed by atoms with E-state index in [-0.39, 0.29) is 0 Å². The topological polar surface area (TPSA) is 93.6 Å². The van der Waals surface area contributed by atoms with Crippen LogP contribution in [-0.4, -0.2) is 13.7 Å². The molecule has 0 radical (unpaired) electrons. The maximum absolute atomic E-state index is 6.52. The Bertz CT molecular complexity index is 10900. The predicted octanol–water partition coefficient (Wildman–Crippen LogP) is 37.9. The molecule has 0 saturated heterocycles. The highest BCUT2D eigenvalue weighted by molar-refractivity contribution is 7.27. The Balaban J connectivity index is 0.0000000959. The third-order valence-electron chi connectivity index (χ3n) is 28.8. The lowest BCUT2D eigenvalue weighted by Gasteiger charge is -2.08. The number of furan rings is 6. The molecule has 0 aliphatic carbocycles. The summed E-state index contributed by atoms with van der Waals surface area (Å²) < 4.78 is 53.3. The zero-order valence-corrected chi connectivity index (χ0v) is 75.8. The molecule has 642 valence electrons. The molecule has 0 aliphatic rings. The lowest BCUT2D eigenvalue weighted by molar-refractivity contribution is 0.669. The third-order valence-corrected chi connectivity index (χ3v) is 32.5. The Hall–Kier alpha value is -17.5. The van der Waals surface area contributed by atoms with Gasteiger partial charge in [-0.3, -0.25) is 0 Å². The van der Waals surface area contributed by atoms with E-state index in [0.29, 0.717) is 0 Å². The molecule has 0 N–H and O–H groups in total. The molecule has 0 amide bonds. The second-order valence-corrected chi connectivity index (χ2v) is 39.3. The first-order chi connectivity index (χ1) is 68.4. The number of benzene rings is 21. The number of fused-ring (bicyclic) bond motifs is 38. The number of hydrogen-bond acceptors (Lipinski definition) is 9. The van der Waals surface area contributed by atoms with E-state index in [1.165, 1.54) is 137 Å². The number of aromatic nitrogens is 3. The molecule has 12 aromatic heterocycles. The van der Waals surface area contributed by atoms with Gasteiger partial charge in [-0.25, -0.2) is 0 Å². The first-order valence-corrected chi connectivity index (χ1v) is 49.0. The van der Waals surface area contributed by atoms with Gasteiger partial charge in [0.1, 0.15) is 67.0 Å². The van der Waals surface area contributed by atoms with Crippen molar-refractivity contribution in [3.8, 4) is 50.4 Å². The molecule has 33 aromatic rings. The van der Waals surface area contributed by atoms with E-state index >= 15 is 0 Å². The highest BCUT2D eigenvalue weighted by Crippen LogP contribution is 2.52. The number of thiophene rings is 3. The normalized spacial score (nSPS) is 12.3. The van der Waals surface area contributed by atoms with Gasteiger partial charge >= 0.3 is 0 Å². The van der Waals surface area contributed by atoms with Crippen molar-refractivity contribution in [3.05, 3.63) is 419 Å². The maximum Gasteiger partial charge on any atom is 0.145 e. The van der Waals surface area contributed by atoms with Gasteiger partial charge in [-0.05, 0) is 146 Å². The molecule has 0 spiro atoms. The Morgan fingerprint density at radius 2 is 0.457 bits per heavy atom. The average molecular weight is 1820 g/mol. The lowest BCUT2D eigenvalue weighted by Crippen LogP contribution is -1.93. The van der Waals surface area contributed by atoms with Crippen molar-refractivity contribution in [2.24, 2.45) is 0 Å².